The van der Waals surface area contributed by atoms with E-state index in [0.29, 0.717) is 6.04 Å². The SMILES string of the molecule is CC(C)CCC(C1CC1)N1CC(C)(OCC(=O)O)C1. The van der Waals surface area contributed by atoms with E-state index in [1.54, 1.807) is 0 Å². The van der Waals surface area contributed by atoms with E-state index in [0.717, 1.165) is 24.9 Å². The molecule has 1 saturated carbocycles. The zero-order valence-electron chi connectivity index (χ0n) is 12.4. The fourth-order valence-corrected chi connectivity index (χ4v) is 3.08. The lowest BCUT2D eigenvalue weighted by molar-refractivity contribution is -0.171. The number of hydrogen-bond donors (Lipinski definition) is 1. The van der Waals surface area contributed by atoms with Crippen LogP contribution in [-0.2, 0) is 9.53 Å². The van der Waals surface area contributed by atoms with Crippen LogP contribution < -0.4 is 0 Å². The normalized spacial score (nSPS) is 24.2. The molecule has 1 aliphatic carbocycles. The highest BCUT2D eigenvalue weighted by Crippen LogP contribution is 2.41. The Kier molecular flexibility index (Phi) is 4.51. The van der Waals surface area contributed by atoms with Crippen molar-refractivity contribution in [2.75, 3.05) is 19.7 Å². The molecule has 0 radical (unpaired) electrons. The molecule has 1 unspecified atom stereocenters. The van der Waals surface area contributed by atoms with Gasteiger partial charge in [-0.3, -0.25) is 4.90 Å². The lowest BCUT2D eigenvalue weighted by atomic mass is 9.89. The molecule has 1 aliphatic heterocycles. The number of nitrogens with zero attached hydrogens (tertiary/aromatic N) is 1. The first kappa shape index (κ1) is 14.8. The maximum absolute atomic E-state index is 10.6. The number of rotatable bonds is 8. The van der Waals surface area contributed by atoms with Crippen LogP contribution in [0.2, 0.25) is 0 Å². The van der Waals surface area contributed by atoms with Gasteiger partial charge in [-0.1, -0.05) is 13.8 Å². The van der Waals surface area contributed by atoms with Gasteiger partial charge in [-0.25, -0.2) is 4.79 Å². The van der Waals surface area contributed by atoms with Gasteiger partial charge < -0.3 is 9.84 Å². The lowest BCUT2D eigenvalue weighted by Gasteiger charge is -2.51. The van der Waals surface area contributed by atoms with Gasteiger partial charge in [-0.2, -0.15) is 0 Å². The molecule has 0 aromatic rings. The van der Waals surface area contributed by atoms with Gasteiger partial charge >= 0.3 is 5.97 Å². The number of carboxylic acids is 1. The number of carboxylic acid groups (broad SMARTS) is 1. The smallest absolute Gasteiger partial charge is 0.329 e. The lowest BCUT2D eigenvalue weighted by Crippen LogP contribution is -2.65. The molecule has 1 heterocycles. The van der Waals surface area contributed by atoms with Crippen molar-refractivity contribution < 1.29 is 14.6 Å². The molecule has 19 heavy (non-hydrogen) atoms. The topological polar surface area (TPSA) is 49.8 Å². The molecule has 1 N–H and O–H groups in total. The van der Waals surface area contributed by atoms with Gasteiger partial charge in [0, 0.05) is 19.1 Å². The summed E-state index contributed by atoms with van der Waals surface area (Å²) in [6, 6.07) is 0.698. The molecule has 2 aliphatic rings. The van der Waals surface area contributed by atoms with Gasteiger partial charge in [0.2, 0.25) is 0 Å². The molecule has 0 bridgehead atoms. The van der Waals surface area contributed by atoms with Crippen molar-refractivity contribution in [2.24, 2.45) is 11.8 Å². The van der Waals surface area contributed by atoms with Crippen LogP contribution in [-0.4, -0.2) is 47.3 Å². The molecule has 2 fully saturated rings. The maximum Gasteiger partial charge on any atom is 0.329 e. The highest BCUT2D eigenvalue weighted by molar-refractivity contribution is 5.68. The van der Waals surface area contributed by atoms with E-state index in [1.165, 1.54) is 25.7 Å². The van der Waals surface area contributed by atoms with E-state index in [4.69, 9.17) is 9.84 Å². The Balaban J connectivity index is 1.77. The minimum Gasteiger partial charge on any atom is -0.480 e. The van der Waals surface area contributed by atoms with E-state index in [9.17, 15) is 4.79 Å². The van der Waals surface area contributed by atoms with Crippen LogP contribution in [0.4, 0.5) is 0 Å². The monoisotopic (exact) mass is 269 g/mol. The Bertz CT molecular complexity index is 319. The van der Waals surface area contributed by atoms with E-state index in [1.807, 2.05) is 6.92 Å². The molecular formula is C15H27NO3. The van der Waals surface area contributed by atoms with Crippen LogP contribution in [0.15, 0.2) is 0 Å². The highest BCUT2D eigenvalue weighted by atomic mass is 16.5. The third-order valence-corrected chi connectivity index (χ3v) is 4.29. The molecule has 0 aromatic heterocycles. The summed E-state index contributed by atoms with van der Waals surface area (Å²) in [5, 5.41) is 8.68. The summed E-state index contributed by atoms with van der Waals surface area (Å²) in [5.74, 6) is 0.762. The number of ether oxygens (including phenoxy) is 1. The fourth-order valence-electron chi connectivity index (χ4n) is 3.08. The zero-order valence-corrected chi connectivity index (χ0v) is 12.4. The second-order valence-electron chi connectivity index (χ2n) is 6.91. The summed E-state index contributed by atoms with van der Waals surface area (Å²) in [7, 11) is 0. The largest absolute Gasteiger partial charge is 0.480 e. The summed E-state index contributed by atoms with van der Waals surface area (Å²) < 4.78 is 5.49. The molecular weight excluding hydrogens is 242 g/mol. The van der Waals surface area contributed by atoms with E-state index in [2.05, 4.69) is 18.7 Å². The molecule has 0 amide bonds. The Morgan fingerprint density at radius 2 is 2.00 bits per heavy atom. The van der Waals surface area contributed by atoms with Crippen LogP contribution in [0, 0.1) is 11.8 Å². The van der Waals surface area contributed by atoms with Gasteiger partial charge in [-0.15, -0.1) is 0 Å². The molecule has 0 aromatic carbocycles. The van der Waals surface area contributed by atoms with Gasteiger partial charge in [0.05, 0.1) is 5.60 Å². The Labute approximate surface area is 116 Å². The van der Waals surface area contributed by atoms with Crippen LogP contribution >= 0.6 is 0 Å². The van der Waals surface area contributed by atoms with Gasteiger partial charge in [0.15, 0.2) is 0 Å². The first-order valence-corrected chi connectivity index (χ1v) is 7.49. The van der Waals surface area contributed by atoms with Gasteiger partial charge in [0.1, 0.15) is 6.61 Å². The first-order valence-electron chi connectivity index (χ1n) is 7.49. The molecule has 4 heteroatoms. The van der Waals surface area contributed by atoms with Crippen molar-refractivity contribution in [2.45, 2.75) is 58.1 Å². The van der Waals surface area contributed by atoms with Gasteiger partial charge in [0.25, 0.3) is 0 Å². The summed E-state index contributed by atoms with van der Waals surface area (Å²) in [6.45, 7) is 8.18. The van der Waals surface area contributed by atoms with Crippen molar-refractivity contribution in [1.82, 2.24) is 4.90 Å². The molecule has 110 valence electrons. The summed E-state index contributed by atoms with van der Waals surface area (Å²) in [4.78, 5) is 13.1. The Hall–Kier alpha value is -0.610. The highest BCUT2D eigenvalue weighted by Gasteiger charge is 2.46. The van der Waals surface area contributed by atoms with Crippen molar-refractivity contribution >= 4 is 5.97 Å². The van der Waals surface area contributed by atoms with Crippen LogP contribution in [0.3, 0.4) is 0 Å². The van der Waals surface area contributed by atoms with E-state index in [-0.39, 0.29) is 12.2 Å². The predicted molar refractivity (Wildman–Crippen MR) is 74.1 cm³/mol. The molecule has 1 atom stereocenters. The number of aliphatic carboxylic acids is 1. The fraction of sp³-hybridized carbons (Fsp3) is 0.933. The minimum atomic E-state index is -0.877. The van der Waals surface area contributed by atoms with E-state index < -0.39 is 5.97 Å². The van der Waals surface area contributed by atoms with Crippen molar-refractivity contribution in [3.05, 3.63) is 0 Å². The number of likely N-dealkylation sites (tertiary alicyclic amines) is 1. The van der Waals surface area contributed by atoms with Crippen LogP contribution in [0.25, 0.3) is 0 Å². The summed E-state index contributed by atoms with van der Waals surface area (Å²) in [6.07, 6.45) is 5.29. The van der Waals surface area contributed by atoms with Crippen LogP contribution in [0.1, 0.15) is 46.5 Å². The number of hydrogen-bond acceptors (Lipinski definition) is 3. The molecule has 2 rings (SSSR count). The average Bonchev–Trinajstić information content (AvgIpc) is 3.08. The maximum atomic E-state index is 10.6. The van der Waals surface area contributed by atoms with Crippen LogP contribution in [0.5, 0.6) is 0 Å². The van der Waals surface area contributed by atoms with Crippen molar-refractivity contribution in [3.8, 4) is 0 Å². The second kappa shape index (κ2) is 5.80. The molecule has 4 nitrogen and oxygen atoms in total. The minimum absolute atomic E-state index is 0.176. The quantitative estimate of drug-likeness (QED) is 0.735. The Morgan fingerprint density at radius 1 is 1.37 bits per heavy atom. The third kappa shape index (κ3) is 4.18. The zero-order chi connectivity index (χ0) is 14.0. The van der Waals surface area contributed by atoms with Crippen molar-refractivity contribution in [3.63, 3.8) is 0 Å². The standard InChI is InChI=1S/C15H27NO3/c1-11(2)4-7-13(12-5-6-12)16-9-15(3,10-16)19-8-14(17)18/h11-13H,4-10H2,1-3H3,(H,17,18). The van der Waals surface area contributed by atoms with Gasteiger partial charge in [-0.05, 0) is 44.4 Å². The third-order valence-electron chi connectivity index (χ3n) is 4.29. The average molecular weight is 269 g/mol. The predicted octanol–water partition coefficient (Wildman–Crippen LogP) is 2.38. The summed E-state index contributed by atoms with van der Waals surface area (Å²) in [5.41, 5.74) is -0.247. The molecule has 0 spiro atoms. The second-order valence-corrected chi connectivity index (χ2v) is 6.91. The Morgan fingerprint density at radius 3 is 2.47 bits per heavy atom. The first-order chi connectivity index (χ1) is 8.89. The van der Waals surface area contributed by atoms with Crippen molar-refractivity contribution in [1.29, 1.82) is 0 Å². The number of carbonyl (C=O) groups is 1. The molecule has 1 saturated heterocycles. The van der Waals surface area contributed by atoms with E-state index >= 15 is 0 Å². The summed E-state index contributed by atoms with van der Waals surface area (Å²) >= 11 is 0.